The number of hydrogen-bond donors (Lipinski definition) is 2. The summed E-state index contributed by atoms with van der Waals surface area (Å²) < 4.78 is 28.0. The molecule has 1 aliphatic rings. The maximum absolute atomic E-state index is 13.1. The maximum atomic E-state index is 13.1. The Morgan fingerprint density at radius 3 is 2.62 bits per heavy atom. The van der Waals surface area contributed by atoms with Crippen LogP contribution >= 0.6 is 0 Å². The molecule has 3 aromatic rings. The van der Waals surface area contributed by atoms with Crippen LogP contribution in [0.15, 0.2) is 30.5 Å². The molecule has 2 heterocycles. The van der Waals surface area contributed by atoms with Crippen molar-refractivity contribution in [1.29, 1.82) is 0 Å². The zero-order valence-corrected chi connectivity index (χ0v) is 12.9. The van der Waals surface area contributed by atoms with E-state index in [4.69, 9.17) is 0 Å². The Morgan fingerprint density at radius 2 is 1.96 bits per heavy atom. The molecule has 5 nitrogen and oxygen atoms in total. The van der Waals surface area contributed by atoms with Crippen molar-refractivity contribution in [2.24, 2.45) is 5.92 Å². The topological polar surface area (TPSA) is 70.7 Å². The molecular weight excluding hydrogens is 316 g/mol. The fourth-order valence-corrected chi connectivity index (χ4v) is 2.98. The van der Waals surface area contributed by atoms with Gasteiger partial charge < -0.3 is 10.2 Å². The Hall–Kier alpha value is -2.70. The van der Waals surface area contributed by atoms with Crippen LogP contribution in [0.5, 0.6) is 11.5 Å². The van der Waals surface area contributed by atoms with Crippen molar-refractivity contribution in [3.63, 3.8) is 0 Å². The van der Waals surface area contributed by atoms with Gasteiger partial charge in [-0.3, -0.25) is 4.40 Å². The molecular formula is C17H15F2N3O2. The second-order valence-corrected chi connectivity index (χ2v) is 6.23. The van der Waals surface area contributed by atoms with Gasteiger partial charge in [-0.15, -0.1) is 10.2 Å². The number of fused-ring (bicyclic) bond motifs is 1. The van der Waals surface area contributed by atoms with Crippen LogP contribution in [0, 0.1) is 12.8 Å². The van der Waals surface area contributed by atoms with Crippen molar-refractivity contribution in [2.45, 2.75) is 25.7 Å². The van der Waals surface area contributed by atoms with Gasteiger partial charge in [0.1, 0.15) is 5.82 Å². The lowest BCUT2D eigenvalue weighted by molar-refractivity contribution is 0.0984. The molecule has 24 heavy (non-hydrogen) atoms. The SMILES string of the molecule is Cc1c(-c2ccc(O)c(O)c2)ccn2c(CC3CC3(F)F)nnc12. The van der Waals surface area contributed by atoms with Crippen LogP contribution in [0.1, 0.15) is 17.8 Å². The number of phenolic OH excluding ortho intramolecular Hbond substituents is 2. The first-order chi connectivity index (χ1) is 11.4. The highest BCUT2D eigenvalue weighted by molar-refractivity contribution is 5.74. The Labute approximate surface area is 136 Å². The van der Waals surface area contributed by atoms with Gasteiger partial charge in [0, 0.05) is 30.5 Å². The molecule has 0 bridgehead atoms. The number of nitrogens with zero attached hydrogens (tertiary/aromatic N) is 3. The van der Waals surface area contributed by atoms with E-state index in [1.165, 1.54) is 12.1 Å². The molecule has 0 aliphatic heterocycles. The van der Waals surface area contributed by atoms with Crippen molar-refractivity contribution in [3.8, 4) is 22.6 Å². The lowest BCUT2D eigenvalue weighted by Crippen LogP contribution is -2.02. The quantitative estimate of drug-likeness (QED) is 0.722. The third-order valence-electron chi connectivity index (χ3n) is 4.57. The number of halogens is 2. The fourth-order valence-electron chi connectivity index (χ4n) is 2.98. The molecule has 0 saturated heterocycles. The first-order valence-electron chi connectivity index (χ1n) is 7.60. The summed E-state index contributed by atoms with van der Waals surface area (Å²) in [4.78, 5) is 0. The van der Waals surface area contributed by atoms with Crippen molar-refractivity contribution in [3.05, 3.63) is 41.9 Å². The number of rotatable bonds is 3. The van der Waals surface area contributed by atoms with Crippen LogP contribution in [0.2, 0.25) is 0 Å². The molecule has 0 spiro atoms. The maximum Gasteiger partial charge on any atom is 0.252 e. The second kappa shape index (κ2) is 4.90. The van der Waals surface area contributed by atoms with Gasteiger partial charge in [-0.25, -0.2) is 8.78 Å². The van der Waals surface area contributed by atoms with E-state index in [-0.39, 0.29) is 24.3 Å². The van der Waals surface area contributed by atoms with Crippen molar-refractivity contribution in [1.82, 2.24) is 14.6 Å². The third-order valence-corrected chi connectivity index (χ3v) is 4.57. The fraction of sp³-hybridized carbons (Fsp3) is 0.294. The van der Waals surface area contributed by atoms with Crippen molar-refractivity contribution >= 4 is 5.65 Å². The van der Waals surface area contributed by atoms with Crippen LogP contribution in [-0.2, 0) is 6.42 Å². The third kappa shape index (κ3) is 2.28. The van der Waals surface area contributed by atoms with Crippen LogP contribution < -0.4 is 0 Å². The summed E-state index contributed by atoms with van der Waals surface area (Å²) in [6.07, 6.45) is 1.86. The zero-order valence-electron chi connectivity index (χ0n) is 12.9. The Bertz CT molecular complexity index is 952. The van der Waals surface area contributed by atoms with Crippen molar-refractivity contribution < 1.29 is 19.0 Å². The smallest absolute Gasteiger partial charge is 0.252 e. The molecule has 0 radical (unpaired) electrons. The normalized spacial score (nSPS) is 18.9. The van der Waals surface area contributed by atoms with Gasteiger partial charge >= 0.3 is 0 Å². The predicted octanol–water partition coefficient (Wildman–Crippen LogP) is 3.31. The minimum absolute atomic E-state index is 0.0915. The second-order valence-electron chi connectivity index (χ2n) is 6.23. The number of benzene rings is 1. The number of alkyl halides is 2. The molecule has 7 heteroatoms. The standard InChI is InChI=1S/C17H15F2N3O2/c1-9-12(10-2-3-13(23)14(24)6-10)4-5-22-15(20-21-16(9)22)7-11-8-17(11,18)19/h2-6,11,23-24H,7-8H2,1H3. The van der Waals surface area contributed by atoms with E-state index < -0.39 is 11.8 Å². The van der Waals surface area contributed by atoms with E-state index in [1.807, 2.05) is 13.0 Å². The molecule has 2 N–H and O–H groups in total. The van der Waals surface area contributed by atoms with E-state index in [2.05, 4.69) is 10.2 Å². The van der Waals surface area contributed by atoms with Gasteiger partial charge in [-0.1, -0.05) is 6.07 Å². The van der Waals surface area contributed by atoms with Crippen LogP contribution in [0.3, 0.4) is 0 Å². The molecule has 2 aromatic heterocycles. The molecule has 1 aliphatic carbocycles. The minimum Gasteiger partial charge on any atom is -0.504 e. The summed E-state index contributed by atoms with van der Waals surface area (Å²) in [6, 6.07) is 6.40. The van der Waals surface area contributed by atoms with Gasteiger partial charge in [0.05, 0.1) is 0 Å². The summed E-state index contributed by atoms with van der Waals surface area (Å²) in [6.45, 7) is 1.86. The van der Waals surface area contributed by atoms with Crippen LogP contribution in [-0.4, -0.2) is 30.7 Å². The van der Waals surface area contributed by atoms with Gasteiger partial charge in [0.15, 0.2) is 17.1 Å². The highest BCUT2D eigenvalue weighted by atomic mass is 19.3. The minimum atomic E-state index is -2.58. The van der Waals surface area contributed by atoms with Crippen LogP contribution in [0.25, 0.3) is 16.8 Å². The largest absolute Gasteiger partial charge is 0.504 e. The number of aryl methyl sites for hydroxylation is 1. The van der Waals surface area contributed by atoms with E-state index in [0.717, 1.165) is 16.7 Å². The summed E-state index contributed by atoms with van der Waals surface area (Å²) in [5.74, 6) is -3.10. The Kier molecular flexibility index (Phi) is 3.03. The van der Waals surface area contributed by atoms with E-state index in [9.17, 15) is 19.0 Å². The summed E-state index contributed by atoms with van der Waals surface area (Å²) in [7, 11) is 0. The summed E-state index contributed by atoms with van der Waals surface area (Å²) in [5.41, 5.74) is 2.97. The number of phenols is 2. The molecule has 1 fully saturated rings. The predicted molar refractivity (Wildman–Crippen MR) is 83.2 cm³/mol. The first kappa shape index (κ1) is 14.9. The van der Waals surface area contributed by atoms with Gasteiger partial charge in [-0.05, 0) is 36.2 Å². The summed E-state index contributed by atoms with van der Waals surface area (Å²) in [5, 5.41) is 27.3. The number of hydrogen-bond acceptors (Lipinski definition) is 4. The summed E-state index contributed by atoms with van der Waals surface area (Å²) >= 11 is 0. The highest BCUT2D eigenvalue weighted by Gasteiger charge is 2.56. The van der Waals surface area contributed by atoms with E-state index in [0.29, 0.717) is 11.5 Å². The number of aromatic nitrogens is 3. The van der Waals surface area contributed by atoms with E-state index in [1.54, 1.807) is 16.7 Å². The highest BCUT2D eigenvalue weighted by Crippen LogP contribution is 2.50. The van der Waals surface area contributed by atoms with E-state index >= 15 is 0 Å². The molecule has 1 unspecified atom stereocenters. The lowest BCUT2D eigenvalue weighted by Gasteiger charge is -2.09. The molecule has 4 rings (SSSR count). The van der Waals surface area contributed by atoms with Gasteiger partial charge in [0.25, 0.3) is 5.92 Å². The average Bonchev–Trinajstić information content (AvgIpc) is 2.93. The average molecular weight is 331 g/mol. The number of pyridine rings is 1. The Balaban J connectivity index is 1.74. The van der Waals surface area contributed by atoms with Crippen molar-refractivity contribution in [2.75, 3.05) is 0 Å². The molecule has 1 aromatic carbocycles. The van der Waals surface area contributed by atoms with Gasteiger partial charge in [0.2, 0.25) is 0 Å². The lowest BCUT2D eigenvalue weighted by atomic mass is 10.0. The molecule has 124 valence electrons. The van der Waals surface area contributed by atoms with Gasteiger partial charge in [-0.2, -0.15) is 0 Å². The Morgan fingerprint density at radius 1 is 1.21 bits per heavy atom. The van der Waals surface area contributed by atoms with Crippen LogP contribution in [0.4, 0.5) is 8.78 Å². The zero-order chi connectivity index (χ0) is 17.1. The molecule has 1 saturated carbocycles. The first-order valence-corrected chi connectivity index (χ1v) is 7.60. The monoisotopic (exact) mass is 331 g/mol. The number of aromatic hydroxyl groups is 2. The molecule has 1 atom stereocenters. The molecule has 0 amide bonds.